The maximum Gasteiger partial charge on any atom is 0.410 e. The van der Waals surface area contributed by atoms with Gasteiger partial charge in [-0.2, -0.15) is 0 Å². The summed E-state index contributed by atoms with van der Waals surface area (Å²) in [5.74, 6) is -4.88. The smallest absolute Gasteiger partial charge is 0.410 e. The highest BCUT2D eigenvalue weighted by Gasteiger charge is 2.60. The maximum absolute atomic E-state index is 14.8. The third kappa shape index (κ3) is 9.35. The number of likely N-dealkylation sites (tertiary alicyclic amines) is 1. The van der Waals surface area contributed by atoms with Gasteiger partial charge in [0, 0.05) is 68.1 Å². The number of rotatable bonds is 11. The number of aliphatic hydroxyl groups excluding tert-OH is 1. The van der Waals surface area contributed by atoms with Crippen LogP contribution in [-0.4, -0.2) is 134 Å². The first kappa shape index (κ1) is 45.8. The van der Waals surface area contributed by atoms with E-state index in [-0.39, 0.29) is 30.8 Å². The second-order valence-electron chi connectivity index (χ2n) is 18.1. The molecule has 15 nitrogen and oxygen atoms in total. The van der Waals surface area contributed by atoms with Crippen LogP contribution >= 0.6 is 0 Å². The predicted octanol–water partition coefficient (Wildman–Crippen LogP) is 5.46. The molecular formula is C45H67N5O10. The molecule has 2 unspecified atom stereocenters. The molecule has 332 valence electrons. The van der Waals surface area contributed by atoms with Crippen molar-refractivity contribution in [1.82, 2.24) is 24.3 Å². The van der Waals surface area contributed by atoms with Crippen LogP contribution in [0.25, 0.3) is 11.3 Å². The zero-order valence-electron chi connectivity index (χ0n) is 37.0. The molecule has 0 radical (unpaired) electrons. The number of ketones is 2. The topological polar surface area (TPSA) is 172 Å². The number of fused-ring (bicyclic) bond motifs is 1. The number of carbonyl (C=O) groups excluding carboxylic acids is 4. The summed E-state index contributed by atoms with van der Waals surface area (Å²) in [6.45, 7) is 16.8. The molecule has 0 saturated carbocycles. The summed E-state index contributed by atoms with van der Waals surface area (Å²) < 4.78 is 33.5. The highest BCUT2D eigenvalue weighted by atomic mass is 16.7. The minimum atomic E-state index is -1.40. The molecule has 2 aromatic rings. The molecule has 13 atom stereocenters. The fourth-order valence-electron chi connectivity index (χ4n) is 10.4. The first-order chi connectivity index (χ1) is 28.5. The van der Waals surface area contributed by atoms with E-state index in [9.17, 15) is 24.3 Å². The molecule has 6 rings (SSSR count). The number of ether oxygens (including phenoxy) is 5. The standard InChI is InChI=1S/C45H67N5O10/c1-10-35-45(8)39(50(43(55)60-45)21-14-11-18-48-25-33(47-26-48)32-16-15-17-46-24-32)29(4)36(51)27(2)23-44(7,56-9)40(30(5)37(52)31(6)41(54)58-35)59-42-38(53)34(22-28(3)57-42)49-19-12-13-20-49/h15-17,24-31,34-35,38-40,42,53H,10-14,18-23H2,1-9H3/t27-,28+,29?,30+,31-,34-,35-,38+,39?,40-,42-,44-,45-/m1/s1. The third-order valence-corrected chi connectivity index (χ3v) is 13.8. The van der Waals surface area contributed by atoms with Crippen molar-refractivity contribution < 1.29 is 48.0 Å². The first-order valence-corrected chi connectivity index (χ1v) is 22.0. The minimum absolute atomic E-state index is 0.139. The van der Waals surface area contributed by atoms with Crippen molar-refractivity contribution in [3.8, 4) is 11.3 Å². The Kier molecular flexibility index (Phi) is 14.6. The molecule has 4 saturated heterocycles. The highest BCUT2D eigenvalue weighted by Crippen LogP contribution is 2.43. The number of hydrogen-bond donors (Lipinski definition) is 1. The number of imidazole rings is 1. The highest BCUT2D eigenvalue weighted by molar-refractivity contribution is 6.00. The predicted molar refractivity (Wildman–Crippen MR) is 221 cm³/mol. The fraction of sp³-hybridized carbons (Fsp3) is 0.733. The number of hydrogen-bond acceptors (Lipinski definition) is 13. The second kappa shape index (κ2) is 19.1. The number of aromatic nitrogens is 3. The summed E-state index contributed by atoms with van der Waals surface area (Å²) in [6, 6.07) is 2.84. The van der Waals surface area contributed by atoms with E-state index in [2.05, 4.69) is 14.9 Å². The number of pyridine rings is 1. The van der Waals surface area contributed by atoms with Crippen molar-refractivity contribution in [2.75, 3.05) is 26.7 Å². The van der Waals surface area contributed by atoms with Gasteiger partial charge in [-0.25, -0.2) is 9.78 Å². The Hall–Kier alpha value is -3.76. The lowest BCUT2D eigenvalue weighted by Crippen LogP contribution is -2.60. The number of nitrogens with zero attached hydrogens (tertiary/aromatic N) is 5. The molecule has 6 heterocycles. The van der Waals surface area contributed by atoms with Crippen molar-refractivity contribution in [2.24, 2.45) is 23.7 Å². The molecule has 4 aliphatic heterocycles. The van der Waals surface area contributed by atoms with E-state index in [1.165, 1.54) is 14.0 Å². The van der Waals surface area contributed by atoms with E-state index < -0.39 is 83.4 Å². The van der Waals surface area contributed by atoms with Crippen molar-refractivity contribution in [3.63, 3.8) is 0 Å². The van der Waals surface area contributed by atoms with Crippen LogP contribution in [0.3, 0.4) is 0 Å². The summed E-state index contributed by atoms with van der Waals surface area (Å²) in [7, 11) is 1.51. The SMILES string of the molecule is CC[C@H]1OC(=O)[C@H](C)C(=O)[C@H](C)[C@@H](O[C@H]2O[C@@H](C)C[C@@H](N3CCCC3)[C@@H]2O)[C@](C)(OC)C[C@@H](C)C(=O)C(C)C2N(CCCCn3cnc(-c4cccnc4)c3)C(=O)O[C@@]21C. The molecule has 1 N–H and O–H groups in total. The van der Waals surface area contributed by atoms with Gasteiger partial charge in [0.2, 0.25) is 0 Å². The minimum Gasteiger partial charge on any atom is -0.458 e. The zero-order valence-corrected chi connectivity index (χ0v) is 37.0. The number of Topliss-reactive ketones (excluding diaryl/α,β-unsaturated/α-hetero) is 2. The van der Waals surface area contributed by atoms with Crippen LogP contribution in [0.4, 0.5) is 4.79 Å². The third-order valence-electron chi connectivity index (χ3n) is 13.8. The molecule has 60 heavy (non-hydrogen) atoms. The van der Waals surface area contributed by atoms with E-state index in [0.717, 1.165) is 37.2 Å². The summed E-state index contributed by atoms with van der Waals surface area (Å²) in [4.78, 5) is 69.7. The van der Waals surface area contributed by atoms with Crippen LogP contribution in [0.5, 0.6) is 0 Å². The molecule has 1 amide bonds. The van der Waals surface area contributed by atoms with Crippen molar-refractivity contribution in [1.29, 1.82) is 0 Å². The molecule has 4 aliphatic rings. The molecule has 4 fully saturated rings. The average Bonchev–Trinajstić information content (AvgIpc) is 4.00. The second-order valence-corrected chi connectivity index (χ2v) is 18.1. The van der Waals surface area contributed by atoms with E-state index >= 15 is 0 Å². The van der Waals surface area contributed by atoms with Gasteiger partial charge in [0.25, 0.3) is 0 Å². The Bertz CT molecular complexity index is 1800. The molecule has 0 aliphatic carbocycles. The fourth-order valence-corrected chi connectivity index (χ4v) is 10.4. The summed E-state index contributed by atoms with van der Waals surface area (Å²) >= 11 is 0. The Morgan fingerprint density at radius 1 is 0.983 bits per heavy atom. The molecule has 15 heteroatoms. The quantitative estimate of drug-likeness (QED) is 0.172. The average molecular weight is 838 g/mol. The monoisotopic (exact) mass is 837 g/mol. The Balaban J connectivity index is 1.26. The zero-order chi connectivity index (χ0) is 43.5. The molecule has 0 bridgehead atoms. The largest absolute Gasteiger partial charge is 0.458 e. The number of amides is 1. The normalized spacial score (nSPS) is 37.4. The van der Waals surface area contributed by atoms with Gasteiger partial charge in [0.1, 0.15) is 23.9 Å². The Morgan fingerprint density at radius 2 is 1.70 bits per heavy atom. The van der Waals surface area contributed by atoms with Crippen molar-refractivity contribution >= 4 is 23.6 Å². The van der Waals surface area contributed by atoms with Gasteiger partial charge in [0.05, 0.1) is 35.9 Å². The summed E-state index contributed by atoms with van der Waals surface area (Å²) in [6.07, 6.45) is 6.80. The number of carbonyl (C=O) groups is 4. The molecular weight excluding hydrogens is 771 g/mol. The number of unbranched alkanes of at least 4 members (excludes halogenated alkanes) is 1. The van der Waals surface area contributed by atoms with E-state index in [1.807, 2.05) is 50.6 Å². The molecule has 0 aromatic carbocycles. The van der Waals surface area contributed by atoms with Crippen LogP contribution in [0.2, 0.25) is 0 Å². The maximum atomic E-state index is 14.8. The number of methoxy groups -OCH3 is 1. The van der Waals surface area contributed by atoms with Crippen molar-refractivity contribution in [3.05, 3.63) is 37.1 Å². The van der Waals surface area contributed by atoms with Crippen LogP contribution < -0.4 is 0 Å². The number of esters is 1. The van der Waals surface area contributed by atoms with E-state index in [4.69, 9.17) is 23.7 Å². The van der Waals surface area contributed by atoms with Gasteiger partial charge in [-0.1, -0.05) is 27.7 Å². The van der Waals surface area contributed by atoms with Gasteiger partial charge < -0.3 is 38.3 Å². The van der Waals surface area contributed by atoms with Gasteiger partial charge in [-0.05, 0) is 97.9 Å². The molecule has 2 aromatic heterocycles. The van der Waals surface area contributed by atoms with Crippen LogP contribution in [-0.2, 0) is 44.6 Å². The lowest BCUT2D eigenvalue weighted by Gasteiger charge is -2.47. The lowest BCUT2D eigenvalue weighted by molar-refractivity contribution is -0.296. The number of cyclic esters (lactones) is 1. The van der Waals surface area contributed by atoms with Crippen LogP contribution in [0.1, 0.15) is 100 Å². The van der Waals surface area contributed by atoms with Gasteiger partial charge in [0.15, 0.2) is 17.7 Å². The van der Waals surface area contributed by atoms with Gasteiger partial charge in [-0.15, -0.1) is 0 Å². The first-order valence-electron chi connectivity index (χ1n) is 22.0. The number of aryl methyl sites for hydroxylation is 1. The van der Waals surface area contributed by atoms with Crippen LogP contribution in [0, 0.1) is 23.7 Å². The Labute approximate surface area is 354 Å². The van der Waals surface area contributed by atoms with Crippen molar-refractivity contribution in [2.45, 2.75) is 161 Å². The van der Waals surface area contributed by atoms with E-state index in [0.29, 0.717) is 32.4 Å². The lowest BCUT2D eigenvalue weighted by atomic mass is 9.73. The van der Waals surface area contributed by atoms with Gasteiger partial charge >= 0.3 is 12.1 Å². The van der Waals surface area contributed by atoms with Crippen LogP contribution in [0.15, 0.2) is 37.1 Å². The van der Waals surface area contributed by atoms with E-state index in [1.54, 1.807) is 44.4 Å². The Morgan fingerprint density at radius 3 is 2.37 bits per heavy atom. The summed E-state index contributed by atoms with van der Waals surface area (Å²) in [5, 5.41) is 11.7. The molecule has 0 spiro atoms. The number of aliphatic hydroxyl groups is 1. The van der Waals surface area contributed by atoms with Gasteiger partial charge in [-0.3, -0.25) is 24.3 Å². The summed E-state index contributed by atoms with van der Waals surface area (Å²) in [5.41, 5.74) is -0.920.